The third-order valence-electron chi connectivity index (χ3n) is 7.27. The Morgan fingerprint density at radius 3 is 1.93 bits per heavy atom. The quantitative estimate of drug-likeness (QED) is 0.0712. The van der Waals surface area contributed by atoms with Crippen LogP contribution >= 0.6 is 15.9 Å². The number of ether oxygens (including phenoxy) is 2. The molecule has 0 saturated heterocycles. The summed E-state index contributed by atoms with van der Waals surface area (Å²) in [6.07, 6.45) is 22.7. The summed E-state index contributed by atoms with van der Waals surface area (Å²) >= 11 is 3.53. The van der Waals surface area contributed by atoms with Crippen LogP contribution in [0.3, 0.4) is 0 Å². The molecular formula is C35H47BrN2O3. The van der Waals surface area contributed by atoms with Gasteiger partial charge < -0.3 is 9.47 Å². The molecular weight excluding hydrogens is 576 g/mol. The maximum Gasteiger partial charge on any atom is 0.343 e. The Hall–Kier alpha value is -2.73. The Morgan fingerprint density at radius 2 is 1.32 bits per heavy atom. The number of aryl methyl sites for hydroxylation is 1. The molecule has 41 heavy (non-hydrogen) atoms. The Labute approximate surface area is 255 Å². The molecule has 5 nitrogen and oxygen atoms in total. The molecule has 0 spiro atoms. The van der Waals surface area contributed by atoms with Crippen LogP contribution in [0, 0.1) is 0 Å². The first-order chi connectivity index (χ1) is 20.1. The molecule has 0 N–H and O–H groups in total. The van der Waals surface area contributed by atoms with E-state index in [-0.39, 0.29) is 0 Å². The molecule has 0 atom stereocenters. The third kappa shape index (κ3) is 12.4. The van der Waals surface area contributed by atoms with Gasteiger partial charge in [0.2, 0.25) is 0 Å². The number of carbonyl (C=O) groups is 1. The SMILES string of the molecule is CCCCCCCCCOc1ccc(C(=O)Oc2ccc(-c3ncc(CCCCCCCCC)cn3)cc2)cc1Br. The van der Waals surface area contributed by atoms with Crippen LogP contribution in [-0.2, 0) is 6.42 Å². The van der Waals surface area contributed by atoms with E-state index in [0.717, 1.165) is 28.6 Å². The van der Waals surface area contributed by atoms with E-state index in [9.17, 15) is 4.79 Å². The number of nitrogens with zero attached hydrogens (tertiary/aromatic N) is 2. The topological polar surface area (TPSA) is 61.3 Å². The highest BCUT2D eigenvalue weighted by atomic mass is 79.9. The van der Waals surface area contributed by atoms with Gasteiger partial charge in [0.1, 0.15) is 11.5 Å². The molecule has 6 heteroatoms. The lowest BCUT2D eigenvalue weighted by atomic mass is 10.1. The third-order valence-corrected chi connectivity index (χ3v) is 7.89. The van der Waals surface area contributed by atoms with Crippen LogP contribution in [0.5, 0.6) is 11.5 Å². The lowest BCUT2D eigenvalue weighted by Gasteiger charge is -2.10. The molecule has 1 aromatic heterocycles. The van der Waals surface area contributed by atoms with E-state index in [1.165, 1.54) is 89.0 Å². The van der Waals surface area contributed by atoms with Gasteiger partial charge in [0.05, 0.1) is 16.6 Å². The van der Waals surface area contributed by atoms with Crippen molar-refractivity contribution in [3.05, 3.63) is 70.5 Å². The Kier molecular flexibility index (Phi) is 15.5. The number of esters is 1. The van der Waals surface area contributed by atoms with E-state index >= 15 is 0 Å². The Morgan fingerprint density at radius 1 is 0.732 bits per heavy atom. The number of hydrogen-bond donors (Lipinski definition) is 0. The highest BCUT2D eigenvalue weighted by Crippen LogP contribution is 2.27. The van der Waals surface area contributed by atoms with E-state index in [4.69, 9.17) is 9.47 Å². The lowest BCUT2D eigenvalue weighted by molar-refractivity contribution is 0.0734. The zero-order valence-corrected chi connectivity index (χ0v) is 26.6. The molecule has 3 rings (SSSR count). The molecule has 0 radical (unpaired) electrons. The molecule has 0 aliphatic heterocycles. The van der Waals surface area contributed by atoms with E-state index in [2.05, 4.69) is 39.7 Å². The second kappa shape index (κ2) is 19.4. The zero-order chi connectivity index (χ0) is 29.1. The van der Waals surface area contributed by atoms with E-state index in [1.54, 1.807) is 24.3 Å². The van der Waals surface area contributed by atoms with Crippen molar-refractivity contribution in [3.63, 3.8) is 0 Å². The molecule has 2 aromatic carbocycles. The van der Waals surface area contributed by atoms with Crippen LogP contribution in [0.2, 0.25) is 0 Å². The first-order valence-corrected chi connectivity index (χ1v) is 16.5. The monoisotopic (exact) mass is 622 g/mol. The summed E-state index contributed by atoms with van der Waals surface area (Å²) in [4.78, 5) is 21.9. The lowest BCUT2D eigenvalue weighted by Crippen LogP contribution is -2.09. The van der Waals surface area contributed by atoms with Gasteiger partial charge in [0.15, 0.2) is 5.82 Å². The predicted octanol–water partition coefficient (Wildman–Crippen LogP) is 10.5. The molecule has 0 unspecified atom stereocenters. The van der Waals surface area contributed by atoms with Gasteiger partial charge in [-0.2, -0.15) is 0 Å². The van der Waals surface area contributed by atoms with Crippen molar-refractivity contribution in [2.45, 2.75) is 110 Å². The largest absolute Gasteiger partial charge is 0.492 e. The van der Waals surface area contributed by atoms with Crippen molar-refractivity contribution in [2.24, 2.45) is 0 Å². The summed E-state index contributed by atoms with van der Waals surface area (Å²) in [5.74, 6) is 1.47. The van der Waals surface area contributed by atoms with Crippen LogP contribution < -0.4 is 9.47 Å². The average Bonchev–Trinajstić information content (AvgIpc) is 2.99. The summed E-state index contributed by atoms with van der Waals surface area (Å²) in [5.41, 5.74) is 2.52. The first-order valence-electron chi connectivity index (χ1n) is 15.7. The van der Waals surface area contributed by atoms with E-state index in [0.29, 0.717) is 23.7 Å². The molecule has 0 bridgehead atoms. The van der Waals surface area contributed by atoms with Gasteiger partial charge in [-0.05, 0) is 83.2 Å². The van der Waals surface area contributed by atoms with E-state index < -0.39 is 5.97 Å². The van der Waals surface area contributed by atoms with Crippen LogP contribution in [0.15, 0.2) is 59.3 Å². The molecule has 222 valence electrons. The second-order valence-corrected chi connectivity index (χ2v) is 11.7. The highest BCUT2D eigenvalue weighted by Gasteiger charge is 2.12. The van der Waals surface area contributed by atoms with Crippen LogP contribution in [0.4, 0.5) is 0 Å². The highest BCUT2D eigenvalue weighted by molar-refractivity contribution is 9.10. The maximum absolute atomic E-state index is 12.7. The van der Waals surface area contributed by atoms with Crippen molar-refractivity contribution in [3.8, 4) is 22.9 Å². The van der Waals surface area contributed by atoms with Crippen LogP contribution in [0.1, 0.15) is 120 Å². The standard InChI is InChI=1S/C35H47BrN2O3/c1-3-5-7-9-11-13-15-17-28-26-37-34(38-27-28)29-18-21-31(22-19-29)41-35(39)30-20-23-33(32(36)25-30)40-24-16-14-12-10-8-6-4-2/h18-23,25-27H,3-17,24H2,1-2H3. The minimum absolute atomic E-state index is 0.414. The number of halogens is 1. The van der Waals surface area contributed by atoms with Crippen molar-refractivity contribution >= 4 is 21.9 Å². The van der Waals surface area contributed by atoms with Crippen molar-refractivity contribution in [1.29, 1.82) is 0 Å². The Balaban J connectivity index is 1.41. The van der Waals surface area contributed by atoms with Gasteiger partial charge >= 0.3 is 5.97 Å². The van der Waals surface area contributed by atoms with Gasteiger partial charge in [-0.25, -0.2) is 14.8 Å². The Bertz CT molecular complexity index is 1150. The summed E-state index contributed by atoms with van der Waals surface area (Å²) in [6.45, 7) is 5.16. The molecule has 0 fully saturated rings. The maximum atomic E-state index is 12.7. The smallest absolute Gasteiger partial charge is 0.343 e. The number of aromatic nitrogens is 2. The van der Waals surface area contributed by atoms with Gasteiger partial charge in [0, 0.05) is 18.0 Å². The van der Waals surface area contributed by atoms with Crippen LogP contribution in [0.25, 0.3) is 11.4 Å². The molecule has 0 amide bonds. The summed E-state index contributed by atoms with van der Waals surface area (Å²) in [5, 5.41) is 0. The summed E-state index contributed by atoms with van der Waals surface area (Å²) in [7, 11) is 0. The fourth-order valence-corrected chi connectivity index (χ4v) is 5.24. The minimum Gasteiger partial charge on any atom is -0.492 e. The van der Waals surface area contributed by atoms with Crippen molar-refractivity contribution in [2.75, 3.05) is 6.61 Å². The summed E-state index contributed by atoms with van der Waals surface area (Å²) < 4.78 is 12.3. The molecule has 3 aromatic rings. The number of rotatable bonds is 20. The number of unbranched alkanes of at least 4 members (excludes halogenated alkanes) is 12. The number of benzene rings is 2. The van der Waals surface area contributed by atoms with Gasteiger partial charge in [-0.15, -0.1) is 0 Å². The van der Waals surface area contributed by atoms with Crippen molar-refractivity contribution < 1.29 is 14.3 Å². The molecule has 0 aliphatic carbocycles. The summed E-state index contributed by atoms with van der Waals surface area (Å²) in [6, 6.07) is 12.6. The molecule has 0 saturated carbocycles. The van der Waals surface area contributed by atoms with Crippen molar-refractivity contribution in [1.82, 2.24) is 9.97 Å². The second-order valence-electron chi connectivity index (χ2n) is 10.8. The average molecular weight is 624 g/mol. The first kappa shape index (κ1) is 32.8. The zero-order valence-electron chi connectivity index (χ0n) is 25.0. The van der Waals surface area contributed by atoms with Gasteiger partial charge in [0.25, 0.3) is 0 Å². The minimum atomic E-state index is -0.414. The van der Waals surface area contributed by atoms with Gasteiger partial charge in [-0.3, -0.25) is 0 Å². The van der Waals surface area contributed by atoms with Crippen LogP contribution in [-0.4, -0.2) is 22.5 Å². The normalized spacial score (nSPS) is 11.0. The molecule has 1 heterocycles. The molecule has 0 aliphatic rings. The predicted molar refractivity (Wildman–Crippen MR) is 172 cm³/mol. The van der Waals surface area contributed by atoms with E-state index in [1.807, 2.05) is 30.6 Å². The number of carbonyl (C=O) groups excluding carboxylic acids is 1. The number of hydrogen-bond acceptors (Lipinski definition) is 5. The van der Waals surface area contributed by atoms with Gasteiger partial charge in [-0.1, -0.05) is 90.9 Å². The fourth-order valence-electron chi connectivity index (χ4n) is 4.74. The fraction of sp³-hybridized carbons (Fsp3) is 0.514.